The molecular weight excluding hydrogens is 392 g/mol. The summed E-state index contributed by atoms with van der Waals surface area (Å²) in [4.78, 5) is 26.7. The Bertz CT molecular complexity index is 1320. The molecule has 0 aliphatic heterocycles. The molecule has 0 amide bonds. The van der Waals surface area contributed by atoms with Crippen molar-refractivity contribution in [2.45, 2.75) is 13.3 Å². The number of fused-ring (bicyclic) bond motifs is 1. The molecule has 0 bridgehead atoms. The topological polar surface area (TPSA) is 65.7 Å². The van der Waals surface area contributed by atoms with Crippen LogP contribution in [0.1, 0.15) is 32.8 Å². The molecule has 4 rings (SSSR count). The van der Waals surface area contributed by atoms with Crippen LogP contribution in [0.5, 0.6) is 11.5 Å². The lowest BCUT2D eigenvalue weighted by Crippen LogP contribution is -2.19. The molecule has 0 aliphatic rings. The second kappa shape index (κ2) is 8.48. The maximum atomic E-state index is 13.4. The van der Waals surface area contributed by atoms with Gasteiger partial charge in [-0.1, -0.05) is 48.0 Å². The molecule has 0 unspecified atom stereocenters. The molecule has 3 aromatic carbocycles. The van der Waals surface area contributed by atoms with E-state index in [-0.39, 0.29) is 23.2 Å². The van der Waals surface area contributed by atoms with Gasteiger partial charge in [-0.15, -0.1) is 0 Å². The minimum atomic E-state index is -0.353. The Hall–Kier alpha value is -3.86. The summed E-state index contributed by atoms with van der Waals surface area (Å²) in [5, 5.41) is 0.398. The summed E-state index contributed by atoms with van der Waals surface area (Å²) in [5.74, 6) is 1.13. The van der Waals surface area contributed by atoms with Crippen LogP contribution in [-0.4, -0.2) is 20.0 Å². The number of ether oxygens (including phenoxy) is 2. The van der Waals surface area contributed by atoms with Gasteiger partial charge in [0.1, 0.15) is 16.9 Å². The van der Waals surface area contributed by atoms with Gasteiger partial charge in [-0.2, -0.15) is 0 Å². The van der Waals surface area contributed by atoms with E-state index in [1.807, 2.05) is 31.2 Å². The van der Waals surface area contributed by atoms with Crippen molar-refractivity contribution in [2.75, 3.05) is 14.2 Å². The van der Waals surface area contributed by atoms with Gasteiger partial charge in [-0.25, -0.2) is 0 Å². The van der Waals surface area contributed by atoms with Crippen molar-refractivity contribution < 1.29 is 18.7 Å². The molecule has 1 heterocycles. The zero-order valence-corrected chi connectivity index (χ0v) is 17.6. The molecule has 5 nitrogen and oxygen atoms in total. The highest BCUT2D eigenvalue weighted by atomic mass is 16.5. The predicted octanol–water partition coefficient (Wildman–Crippen LogP) is 4.94. The summed E-state index contributed by atoms with van der Waals surface area (Å²) in [5.41, 5.74) is 2.37. The second-order valence-electron chi connectivity index (χ2n) is 7.29. The van der Waals surface area contributed by atoms with Gasteiger partial charge >= 0.3 is 0 Å². The molecule has 156 valence electrons. The molecule has 0 N–H and O–H groups in total. The minimum Gasteiger partial charge on any atom is -0.493 e. The summed E-state index contributed by atoms with van der Waals surface area (Å²) in [7, 11) is 3.13. The molecular formula is C26H22O5. The van der Waals surface area contributed by atoms with Gasteiger partial charge in [0.2, 0.25) is 5.43 Å². The zero-order valence-electron chi connectivity index (χ0n) is 17.6. The third-order valence-corrected chi connectivity index (χ3v) is 5.19. The maximum absolute atomic E-state index is 13.4. The van der Waals surface area contributed by atoms with Crippen molar-refractivity contribution >= 4 is 16.8 Å². The smallest absolute Gasteiger partial charge is 0.204 e. The molecule has 31 heavy (non-hydrogen) atoms. The Kier molecular flexibility index (Phi) is 5.58. The van der Waals surface area contributed by atoms with Crippen molar-refractivity contribution in [1.82, 2.24) is 0 Å². The largest absolute Gasteiger partial charge is 0.493 e. The van der Waals surface area contributed by atoms with Crippen molar-refractivity contribution in [2.24, 2.45) is 0 Å². The third-order valence-electron chi connectivity index (χ3n) is 5.19. The fourth-order valence-corrected chi connectivity index (χ4v) is 3.62. The van der Waals surface area contributed by atoms with E-state index in [0.29, 0.717) is 33.8 Å². The molecule has 0 radical (unpaired) electrons. The average molecular weight is 414 g/mol. The van der Waals surface area contributed by atoms with Gasteiger partial charge in [0, 0.05) is 12.0 Å². The number of benzene rings is 3. The number of hydrogen-bond acceptors (Lipinski definition) is 5. The monoisotopic (exact) mass is 414 g/mol. The number of rotatable bonds is 6. The number of methoxy groups -OCH3 is 2. The van der Waals surface area contributed by atoms with E-state index in [1.54, 1.807) is 56.7 Å². The fourth-order valence-electron chi connectivity index (χ4n) is 3.62. The SMILES string of the molecule is COc1ccc(Cc2oc3ccc(C)cc3c(=O)c2C(=O)c2ccccc2)cc1OC. The van der Waals surface area contributed by atoms with Gasteiger partial charge in [0.05, 0.1) is 19.6 Å². The molecule has 0 fully saturated rings. The van der Waals surface area contributed by atoms with Crippen molar-refractivity contribution in [3.05, 3.63) is 105 Å². The van der Waals surface area contributed by atoms with E-state index in [0.717, 1.165) is 11.1 Å². The Labute approximate surface area is 179 Å². The van der Waals surface area contributed by atoms with Gasteiger partial charge < -0.3 is 13.9 Å². The molecule has 5 heteroatoms. The van der Waals surface area contributed by atoms with Crippen molar-refractivity contribution in [3.63, 3.8) is 0 Å². The summed E-state index contributed by atoms with van der Waals surface area (Å²) in [6.45, 7) is 1.90. The summed E-state index contributed by atoms with van der Waals surface area (Å²) >= 11 is 0. The normalized spacial score (nSPS) is 10.8. The van der Waals surface area contributed by atoms with Crippen LogP contribution in [0.15, 0.2) is 75.9 Å². The molecule has 1 aromatic heterocycles. The first-order valence-corrected chi connectivity index (χ1v) is 9.89. The van der Waals surface area contributed by atoms with Gasteiger partial charge in [-0.3, -0.25) is 9.59 Å². The number of hydrogen-bond donors (Lipinski definition) is 0. The first-order valence-electron chi connectivity index (χ1n) is 9.89. The number of carbonyl (C=O) groups excluding carboxylic acids is 1. The van der Waals surface area contributed by atoms with Crippen LogP contribution in [0.2, 0.25) is 0 Å². The summed E-state index contributed by atoms with van der Waals surface area (Å²) in [6.07, 6.45) is 0.257. The van der Waals surface area contributed by atoms with E-state index >= 15 is 0 Å². The van der Waals surface area contributed by atoms with Crippen molar-refractivity contribution in [1.29, 1.82) is 0 Å². The number of ketones is 1. The van der Waals surface area contributed by atoms with Crippen LogP contribution in [-0.2, 0) is 6.42 Å². The van der Waals surface area contributed by atoms with Crippen LogP contribution in [0.4, 0.5) is 0 Å². The lowest BCUT2D eigenvalue weighted by molar-refractivity contribution is 0.103. The number of aryl methyl sites for hydroxylation is 1. The van der Waals surface area contributed by atoms with E-state index < -0.39 is 0 Å². The maximum Gasteiger partial charge on any atom is 0.204 e. The van der Waals surface area contributed by atoms with Crippen LogP contribution < -0.4 is 14.9 Å². The molecule has 0 atom stereocenters. The van der Waals surface area contributed by atoms with Crippen LogP contribution in [0.25, 0.3) is 11.0 Å². The second-order valence-corrected chi connectivity index (χ2v) is 7.29. The average Bonchev–Trinajstić information content (AvgIpc) is 2.80. The van der Waals surface area contributed by atoms with E-state index in [9.17, 15) is 9.59 Å². The molecule has 0 saturated carbocycles. The lowest BCUT2D eigenvalue weighted by atomic mass is 9.97. The van der Waals surface area contributed by atoms with Gasteiger partial charge in [0.25, 0.3) is 0 Å². The summed E-state index contributed by atoms with van der Waals surface area (Å²) in [6, 6.07) is 19.6. The highest BCUT2D eigenvalue weighted by Crippen LogP contribution is 2.29. The van der Waals surface area contributed by atoms with Crippen LogP contribution >= 0.6 is 0 Å². The Morgan fingerprint density at radius 2 is 1.65 bits per heavy atom. The zero-order chi connectivity index (χ0) is 22.0. The predicted molar refractivity (Wildman–Crippen MR) is 119 cm³/mol. The van der Waals surface area contributed by atoms with E-state index in [1.165, 1.54) is 0 Å². The Morgan fingerprint density at radius 1 is 0.903 bits per heavy atom. The van der Waals surface area contributed by atoms with Gasteiger partial charge in [-0.05, 0) is 36.8 Å². The standard InChI is InChI=1S/C26H22O5/c1-16-9-11-20-19(13-16)26(28)24(25(27)18-7-5-4-6-8-18)23(31-20)15-17-10-12-21(29-2)22(14-17)30-3/h4-14H,15H2,1-3H3. The molecule has 0 aliphatic carbocycles. The third kappa shape index (κ3) is 3.94. The fraction of sp³-hybridized carbons (Fsp3) is 0.154. The molecule has 4 aromatic rings. The highest BCUT2D eigenvalue weighted by Gasteiger charge is 2.23. The molecule has 0 spiro atoms. The quantitative estimate of drug-likeness (QED) is 0.418. The van der Waals surface area contributed by atoms with E-state index in [2.05, 4.69) is 0 Å². The first-order chi connectivity index (χ1) is 15.0. The lowest BCUT2D eigenvalue weighted by Gasteiger charge is -2.12. The molecule has 0 saturated heterocycles. The minimum absolute atomic E-state index is 0.0547. The Morgan fingerprint density at radius 3 is 2.35 bits per heavy atom. The van der Waals surface area contributed by atoms with E-state index in [4.69, 9.17) is 13.9 Å². The number of carbonyl (C=O) groups is 1. The van der Waals surface area contributed by atoms with Crippen LogP contribution in [0.3, 0.4) is 0 Å². The van der Waals surface area contributed by atoms with Crippen LogP contribution in [0, 0.1) is 6.92 Å². The van der Waals surface area contributed by atoms with Crippen molar-refractivity contribution in [3.8, 4) is 11.5 Å². The Balaban J connectivity index is 1.90. The summed E-state index contributed by atoms with van der Waals surface area (Å²) < 4.78 is 16.8. The highest BCUT2D eigenvalue weighted by molar-refractivity contribution is 6.10. The first kappa shape index (κ1) is 20.4. The van der Waals surface area contributed by atoms with Gasteiger partial charge in [0.15, 0.2) is 17.3 Å².